The molecule has 0 aliphatic carbocycles. The summed E-state index contributed by atoms with van der Waals surface area (Å²) >= 11 is 0. The molecule has 1 aromatic carbocycles. The second-order valence-corrected chi connectivity index (χ2v) is 6.67. The van der Waals surface area contributed by atoms with E-state index < -0.39 is 0 Å². The number of ether oxygens (including phenoxy) is 1. The van der Waals surface area contributed by atoms with Crippen molar-refractivity contribution in [2.75, 3.05) is 39.8 Å². The first-order valence-electron chi connectivity index (χ1n) is 9.13. The van der Waals surface area contributed by atoms with Crippen LogP contribution in [0.5, 0.6) is 0 Å². The lowest BCUT2D eigenvalue weighted by molar-refractivity contribution is -0.0679. The smallest absolute Gasteiger partial charge is 0.190 e. The third kappa shape index (κ3) is 8.64. The monoisotopic (exact) mass is 478 g/mol. The molecular weight excluding hydrogens is 446 g/mol. The molecule has 5 nitrogen and oxygen atoms in total. The van der Waals surface area contributed by atoms with Gasteiger partial charge in [0.2, 0.25) is 0 Å². The maximum absolute atomic E-state index is 12.9. The fraction of sp³-hybridized carbons (Fsp3) is 0.632. The van der Waals surface area contributed by atoms with E-state index in [0.29, 0.717) is 12.2 Å². The highest BCUT2D eigenvalue weighted by Crippen LogP contribution is 2.10. The Morgan fingerprint density at radius 2 is 1.77 bits per heavy atom. The largest absolute Gasteiger partial charge is 0.373 e. The average Bonchev–Trinajstić information content (AvgIpc) is 2.58. The Bertz CT molecular complexity index is 531. The molecule has 1 aromatic rings. The Morgan fingerprint density at radius 1 is 1.15 bits per heavy atom. The molecule has 0 aromatic heterocycles. The van der Waals surface area contributed by atoms with Crippen molar-refractivity contribution < 1.29 is 9.13 Å². The van der Waals surface area contributed by atoms with Crippen molar-refractivity contribution in [3.63, 3.8) is 0 Å². The van der Waals surface area contributed by atoms with Crippen LogP contribution in [0.25, 0.3) is 0 Å². The Balaban J connectivity index is 0.00000338. The zero-order chi connectivity index (χ0) is 18.1. The normalized spacial score (nSPS) is 21.2. The number of aliphatic imine (C=N–C) groups is 1. The minimum Gasteiger partial charge on any atom is -0.373 e. The molecule has 2 N–H and O–H groups in total. The molecule has 1 saturated heterocycles. The van der Waals surface area contributed by atoms with E-state index in [0.717, 1.165) is 57.1 Å². The first-order valence-corrected chi connectivity index (χ1v) is 9.13. The van der Waals surface area contributed by atoms with Crippen LogP contribution in [0.15, 0.2) is 29.3 Å². The standard InChI is InChI=1S/C19H31FN4O.HI/c1-15-13-24(14-16(2)25-15)12-4-10-22-19(21-3)23-11-9-17-5-7-18(20)8-6-17;/h5-8,15-16H,4,9-14H2,1-3H3,(H2,21,22,23);1H. The molecule has 26 heavy (non-hydrogen) atoms. The quantitative estimate of drug-likeness (QED) is 0.274. The summed E-state index contributed by atoms with van der Waals surface area (Å²) in [6.45, 7) is 9.00. The van der Waals surface area contributed by atoms with Gasteiger partial charge in [0.25, 0.3) is 0 Å². The van der Waals surface area contributed by atoms with E-state index in [1.807, 2.05) is 12.1 Å². The molecule has 0 radical (unpaired) electrons. The van der Waals surface area contributed by atoms with Gasteiger partial charge in [0.05, 0.1) is 12.2 Å². The second-order valence-electron chi connectivity index (χ2n) is 6.67. The van der Waals surface area contributed by atoms with Crippen molar-refractivity contribution in [3.8, 4) is 0 Å². The van der Waals surface area contributed by atoms with Crippen LogP contribution in [-0.4, -0.2) is 62.8 Å². The fourth-order valence-electron chi connectivity index (χ4n) is 3.17. The molecule has 1 heterocycles. The van der Waals surface area contributed by atoms with Gasteiger partial charge in [-0.15, -0.1) is 24.0 Å². The highest BCUT2D eigenvalue weighted by molar-refractivity contribution is 14.0. The van der Waals surface area contributed by atoms with Gasteiger partial charge in [-0.1, -0.05) is 12.1 Å². The molecule has 1 aliphatic rings. The molecule has 0 amide bonds. The fourth-order valence-corrected chi connectivity index (χ4v) is 3.17. The van der Waals surface area contributed by atoms with Gasteiger partial charge in [0.15, 0.2) is 5.96 Å². The zero-order valence-electron chi connectivity index (χ0n) is 16.0. The van der Waals surface area contributed by atoms with E-state index in [1.165, 1.54) is 12.1 Å². The maximum Gasteiger partial charge on any atom is 0.190 e. The SMILES string of the molecule is CN=C(NCCCN1CC(C)OC(C)C1)NCCc1ccc(F)cc1.I. The Labute approximate surface area is 173 Å². The summed E-state index contributed by atoms with van der Waals surface area (Å²) in [7, 11) is 1.78. The van der Waals surface area contributed by atoms with Crippen molar-refractivity contribution in [1.29, 1.82) is 0 Å². The molecule has 2 unspecified atom stereocenters. The Kier molecular flexibility index (Phi) is 11.1. The minimum absolute atomic E-state index is 0. The van der Waals surface area contributed by atoms with Crippen LogP contribution >= 0.6 is 24.0 Å². The van der Waals surface area contributed by atoms with E-state index in [1.54, 1.807) is 7.05 Å². The van der Waals surface area contributed by atoms with Crippen molar-refractivity contribution in [2.24, 2.45) is 4.99 Å². The summed E-state index contributed by atoms with van der Waals surface area (Å²) in [6.07, 6.45) is 2.54. The van der Waals surface area contributed by atoms with Gasteiger partial charge in [-0.3, -0.25) is 9.89 Å². The number of nitrogens with one attached hydrogen (secondary N) is 2. The molecule has 0 bridgehead atoms. The van der Waals surface area contributed by atoms with Crippen LogP contribution in [0.4, 0.5) is 4.39 Å². The number of hydrogen-bond donors (Lipinski definition) is 2. The van der Waals surface area contributed by atoms with Crippen molar-refractivity contribution in [1.82, 2.24) is 15.5 Å². The third-order valence-corrected chi connectivity index (χ3v) is 4.28. The highest BCUT2D eigenvalue weighted by atomic mass is 127. The van der Waals surface area contributed by atoms with Crippen LogP contribution < -0.4 is 10.6 Å². The van der Waals surface area contributed by atoms with Crippen LogP contribution in [0, 0.1) is 5.82 Å². The summed E-state index contributed by atoms with van der Waals surface area (Å²) < 4.78 is 18.6. The summed E-state index contributed by atoms with van der Waals surface area (Å²) in [4.78, 5) is 6.71. The number of guanidine groups is 1. The average molecular weight is 478 g/mol. The lowest BCUT2D eigenvalue weighted by Crippen LogP contribution is -2.46. The Hall–Kier alpha value is -0.930. The van der Waals surface area contributed by atoms with Crippen LogP contribution in [0.2, 0.25) is 0 Å². The summed E-state index contributed by atoms with van der Waals surface area (Å²) in [6, 6.07) is 6.63. The van der Waals surface area contributed by atoms with E-state index in [4.69, 9.17) is 4.74 Å². The number of rotatable bonds is 7. The van der Waals surface area contributed by atoms with E-state index in [2.05, 4.69) is 34.4 Å². The van der Waals surface area contributed by atoms with Gasteiger partial charge in [-0.05, 0) is 44.4 Å². The number of morpholine rings is 1. The Morgan fingerprint density at radius 3 is 2.38 bits per heavy atom. The third-order valence-electron chi connectivity index (χ3n) is 4.28. The predicted molar refractivity (Wildman–Crippen MR) is 116 cm³/mol. The molecule has 0 saturated carbocycles. The summed E-state index contributed by atoms with van der Waals surface area (Å²) in [5, 5.41) is 6.64. The minimum atomic E-state index is -0.196. The molecule has 7 heteroatoms. The maximum atomic E-state index is 12.9. The topological polar surface area (TPSA) is 48.9 Å². The van der Waals surface area contributed by atoms with Gasteiger partial charge in [-0.2, -0.15) is 0 Å². The zero-order valence-corrected chi connectivity index (χ0v) is 18.3. The molecular formula is C19H32FIN4O. The first kappa shape index (κ1) is 23.1. The first-order chi connectivity index (χ1) is 12.1. The summed E-state index contributed by atoms with van der Waals surface area (Å²) in [5.41, 5.74) is 1.11. The van der Waals surface area contributed by atoms with Gasteiger partial charge in [0, 0.05) is 39.8 Å². The van der Waals surface area contributed by atoms with Crippen LogP contribution in [0.3, 0.4) is 0 Å². The van der Waals surface area contributed by atoms with Gasteiger partial charge >= 0.3 is 0 Å². The van der Waals surface area contributed by atoms with Crippen molar-refractivity contribution >= 4 is 29.9 Å². The second kappa shape index (κ2) is 12.5. The highest BCUT2D eigenvalue weighted by Gasteiger charge is 2.21. The number of benzene rings is 1. The van der Waals surface area contributed by atoms with Gasteiger partial charge in [-0.25, -0.2) is 4.39 Å². The number of hydrogen-bond acceptors (Lipinski definition) is 3. The number of nitrogens with zero attached hydrogens (tertiary/aromatic N) is 2. The lowest BCUT2D eigenvalue weighted by Gasteiger charge is -2.35. The summed E-state index contributed by atoms with van der Waals surface area (Å²) in [5.74, 6) is 0.615. The van der Waals surface area contributed by atoms with E-state index in [9.17, 15) is 4.39 Å². The van der Waals surface area contributed by atoms with Crippen LogP contribution in [-0.2, 0) is 11.2 Å². The molecule has 2 atom stereocenters. The lowest BCUT2D eigenvalue weighted by atomic mass is 10.1. The molecule has 0 spiro atoms. The molecule has 148 valence electrons. The van der Waals surface area contributed by atoms with E-state index >= 15 is 0 Å². The molecule has 1 fully saturated rings. The van der Waals surface area contributed by atoms with Gasteiger partial charge in [0.1, 0.15) is 5.82 Å². The van der Waals surface area contributed by atoms with E-state index in [-0.39, 0.29) is 29.8 Å². The number of halogens is 2. The van der Waals surface area contributed by atoms with Crippen LogP contribution in [0.1, 0.15) is 25.8 Å². The van der Waals surface area contributed by atoms with Gasteiger partial charge < -0.3 is 15.4 Å². The van der Waals surface area contributed by atoms with Crippen molar-refractivity contribution in [2.45, 2.75) is 38.9 Å². The molecule has 2 rings (SSSR count). The van der Waals surface area contributed by atoms with Crippen molar-refractivity contribution in [3.05, 3.63) is 35.6 Å². The predicted octanol–water partition coefficient (Wildman–Crippen LogP) is 2.65. The molecule has 1 aliphatic heterocycles.